The van der Waals surface area contributed by atoms with Crippen LogP contribution in [0.25, 0.3) is 10.8 Å². The van der Waals surface area contributed by atoms with Crippen LogP contribution in [0, 0.1) is 0 Å². The van der Waals surface area contributed by atoms with Crippen molar-refractivity contribution in [3.63, 3.8) is 0 Å². The van der Waals surface area contributed by atoms with Gasteiger partial charge in [-0.25, -0.2) is 0 Å². The van der Waals surface area contributed by atoms with Gasteiger partial charge in [0.25, 0.3) is 10.1 Å². The molecule has 0 heterocycles. The van der Waals surface area contributed by atoms with E-state index in [2.05, 4.69) is 6.92 Å². The van der Waals surface area contributed by atoms with E-state index < -0.39 is 10.1 Å². The molecule has 0 unspecified atom stereocenters. The predicted octanol–water partition coefficient (Wildman–Crippen LogP) is 4.34. The second kappa shape index (κ2) is 10.3. The van der Waals surface area contributed by atoms with E-state index in [-0.39, 0.29) is 56.3 Å². The molecule has 1 N–H and O–H groups in total. The van der Waals surface area contributed by atoms with Crippen LogP contribution in [0.2, 0.25) is 0 Å². The van der Waals surface area contributed by atoms with Crippen LogP contribution in [0.15, 0.2) is 41.3 Å². The summed E-state index contributed by atoms with van der Waals surface area (Å²) in [5.74, 6) is 0. The molecule has 0 bridgehead atoms. The van der Waals surface area contributed by atoms with Crippen LogP contribution in [0.3, 0.4) is 0 Å². The van der Waals surface area contributed by atoms with Crippen molar-refractivity contribution in [2.24, 2.45) is 0 Å². The van der Waals surface area contributed by atoms with Crippen molar-refractivity contribution in [3.05, 3.63) is 42.0 Å². The summed E-state index contributed by atoms with van der Waals surface area (Å²) >= 11 is 0. The Hall–Kier alpha value is 0.246. The van der Waals surface area contributed by atoms with Crippen molar-refractivity contribution < 1.29 is 13.0 Å². The van der Waals surface area contributed by atoms with E-state index in [0.717, 1.165) is 23.8 Å². The molecule has 0 radical (unpaired) electrons. The molecule has 0 spiro atoms. The van der Waals surface area contributed by atoms with Gasteiger partial charge >= 0.3 is 51.4 Å². The summed E-state index contributed by atoms with van der Waals surface area (Å²) in [6, 6.07) is 11.0. The zero-order valence-corrected chi connectivity index (χ0v) is 13.9. The van der Waals surface area contributed by atoms with Crippen molar-refractivity contribution in [2.75, 3.05) is 0 Å². The predicted molar refractivity (Wildman–Crippen MR) is 98.0 cm³/mol. The maximum atomic E-state index is 11.8. The van der Waals surface area contributed by atoms with Crippen LogP contribution in [0.5, 0.6) is 0 Å². The van der Waals surface area contributed by atoms with Gasteiger partial charge in [-0.2, -0.15) is 8.42 Å². The van der Waals surface area contributed by atoms with E-state index in [9.17, 15) is 13.0 Å². The fourth-order valence-electron chi connectivity index (χ4n) is 2.89. The molecule has 2 aromatic carbocycles. The van der Waals surface area contributed by atoms with Gasteiger partial charge in [0.05, 0.1) is 0 Å². The van der Waals surface area contributed by atoms with Crippen LogP contribution in [0.1, 0.15) is 51.0 Å². The van der Waals surface area contributed by atoms with E-state index in [0.29, 0.717) is 11.8 Å². The quantitative estimate of drug-likeness (QED) is 0.433. The van der Waals surface area contributed by atoms with Crippen LogP contribution in [-0.2, 0) is 16.5 Å². The Kier molecular flexibility index (Phi) is 9.52. The summed E-state index contributed by atoms with van der Waals surface area (Å²) in [5.41, 5.74) is 0.719. The van der Waals surface area contributed by atoms with Crippen molar-refractivity contribution >= 4 is 72.3 Å². The third kappa shape index (κ3) is 6.23. The van der Waals surface area contributed by atoms with Gasteiger partial charge < -0.3 is 0 Å². The van der Waals surface area contributed by atoms with Crippen LogP contribution in [-0.4, -0.2) is 64.4 Å². The minimum absolute atomic E-state index is 0. The number of hydrogen-bond donors (Lipinski definition) is 1. The Bertz CT molecular complexity index is 726. The van der Waals surface area contributed by atoms with Crippen LogP contribution in [0.4, 0.5) is 0 Å². The zero-order chi connectivity index (χ0) is 16.0. The molecule has 122 valence electrons. The summed E-state index contributed by atoms with van der Waals surface area (Å²) in [4.78, 5) is 0.0826. The van der Waals surface area contributed by atoms with Crippen molar-refractivity contribution in [1.29, 1.82) is 0 Å². The molecule has 0 atom stereocenters. The first-order valence-corrected chi connectivity index (χ1v) is 9.46. The average Bonchev–Trinajstić information content (AvgIpc) is 2.49. The normalized spacial score (nSPS) is 11.4. The van der Waals surface area contributed by atoms with Crippen LogP contribution < -0.4 is 0 Å². The van der Waals surface area contributed by atoms with Crippen molar-refractivity contribution in [1.82, 2.24) is 0 Å². The molecule has 0 amide bonds. The SMILES string of the molecule is CCCCCCCCc1ccc2ccccc2c1S(=O)(=O)O.[KH]. The Balaban J connectivity index is 0.00000264. The van der Waals surface area contributed by atoms with Gasteiger partial charge in [-0.1, -0.05) is 75.4 Å². The summed E-state index contributed by atoms with van der Waals surface area (Å²) < 4.78 is 33.2. The van der Waals surface area contributed by atoms with Crippen molar-refractivity contribution in [3.8, 4) is 0 Å². The van der Waals surface area contributed by atoms with Gasteiger partial charge in [0.1, 0.15) is 4.90 Å². The third-order valence-corrected chi connectivity index (χ3v) is 5.02. The maximum absolute atomic E-state index is 11.8. The summed E-state index contributed by atoms with van der Waals surface area (Å²) in [5, 5.41) is 1.44. The van der Waals surface area contributed by atoms with E-state index in [1.807, 2.05) is 24.3 Å². The molecule has 0 aliphatic carbocycles. The second-order valence-electron chi connectivity index (χ2n) is 5.77. The molecule has 0 saturated heterocycles. The topological polar surface area (TPSA) is 54.4 Å². The van der Waals surface area contributed by atoms with Gasteiger partial charge in [-0.15, -0.1) is 0 Å². The van der Waals surface area contributed by atoms with E-state index in [1.165, 1.54) is 25.7 Å². The summed E-state index contributed by atoms with van der Waals surface area (Å²) in [6.45, 7) is 2.19. The summed E-state index contributed by atoms with van der Waals surface area (Å²) in [6.07, 6.45) is 7.63. The Morgan fingerprint density at radius 2 is 1.57 bits per heavy atom. The molecule has 0 aromatic heterocycles. The average molecular weight is 361 g/mol. The fraction of sp³-hybridized carbons (Fsp3) is 0.444. The molecule has 5 heteroatoms. The summed E-state index contributed by atoms with van der Waals surface area (Å²) in [7, 11) is -4.21. The Morgan fingerprint density at radius 3 is 2.26 bits per heavy atom. The molecule has 23 heavy (non-hydrogen) atoms. The third-order valence-electron chi connectivity index (χ3n) is 4.02. The number of aryl methyl sites for hydroxylation is 1. The Morgan fingerprint density at radius 1 is 0.913 bits per heavy atom. The molecule has 0 aliphatic heterocycles. The molecule has 0 saturated carbocycles. The number of benzene rings is 2. The standard InChI is InChI=1S/C18H24O3S.K.H/c1-2-3-4-5-6-7-11-16-14-13-15-10-8-9-12-17(15)18(16)22(19,20)21;;/h8-10,12-14H,2-7,11H2,1H3,(H,19,20,21);;. The van der Waals surface area contributed by atoms with E-state index in [4.69, 9.17) is 0 Å². The minimum atomic E-state index is -4.21. The first-order valence-electron chi connectivity index (χ1n) is 8.02. The number of fused-ring (bicyclic) bond motifs is 1. The first kappa shape index (κ1) is 21.3. The van der Waals surface area contributed by atoms with E-state index >= 15 is 0 Å². The molecule has 0 fully saturated rings. The van der Waals surface area contributed by atoms with Crippen LogP contribution >= 0.6 is 0 Å². The molecule has 3 nitrogen and oxygen atoms in total. The Labute approximate surface area is 182 Å². The zero-order valence-electron chi connectivity index (χ0n) is 13.1. The molecule has 2 rings (SSSR count). The number of unbranched alkanes of at least 4 members (excludes halogenated alkanes) is 5. The van der Waals surface area contributed by atoms with Gasteiger partial charge in [0, 0.05) is 5.39 Å². The van der Waals surface area contributed by atoms with Crippen molar-refractivity contribution in [2.45, 2.75) is 56.8 Å². The van der Waals surface area contributed by atoms with E-state index in [1.54, 1.807) is 12.1 Å². The monoisotopic (exact) mass is 360 g/mol. The number of rotatable bonds is 8. The fourth-order valence-corrected chi connectivity index (χ4v) is 3.85. The van der Waals surface area contributed by atoms with Gasteiger partial charge in [0.15, 0.2) is 0 Å². The van der Waals surface area contributed by atoms with Gasteiger partial charge in [0.2, 0.25) is 0 Å². The van der Waals surface area contributed by atoms with Gasteiger partial charge in [-0.05, 0) is 23.8 Å². The molecular weight excluding hydrogens is 335 g/mol. The second-order valence-corrected chi connectivity index (χ2v) is 7.13. The molecule has 2 aromatic rings. The molecular formula is C18H25KO3S. The number of hydrogen-bond acceptors (Lipinski definition) is 2. The molecule has 0 aliphatic rings. The van der Waals surface area contributed by atoms with Gasteiger partial charge in [-0.3, -0.25) is 4.55 Å². The first-order chi connectivity index (χ1) is 10.5.